The molecule has 0 heterocycles. The summed E-state index contributed by atoms with van der Waals surface area (Å²) in [5, 5.41) is 10.2. The highest BCUT2D eigenvalue weighted by Gasteiger charge is 2.21. The summed E-state index contributed by atoms with van der Waals surface area (Å²) in [5.41, 5.74) is -0.445. The number of amides is 1. The molecule has 0 saturated heterocycles. The van der Waals surface area contributed by atoms with Crippen LogP contribution in [-0.4, -0.2) is 50.6 Å². The lowest BCUT2D eigenvalue weighted by molar-refractivity contribution is -0.0561. The second-order valence-electron chi connectivity index (χ2n) is 6.76. The van der Waals surface area contributed by atoms with Crippen molar-refractivity contribution < 1.29 is 28.1 Å². The third-order valence-electron chi connectivity index (χ3n) is 3.10. The predicted octanol–water partition coefficient (Wildman–Crippen LogP) is 3.76. The molecule has 1 aromatic carbocycles. The van der Waals surface area contributed by atoms with Crippen molar-refractivity contribution in [1.82, 2.24) is 5.32 Å². The molecule has 0 bridgehead atoms. The Bertz CT molecular complexity index is 664. The van der Waals surface area contributed by atoms with Gasteiger partial charge in [-0.25, -0.2) is 9.18 Å². The van der Waals surface area contributed by atoms with E-state index in [1.165, 1.54) is 20.1 Å². The Morgan fingerprint density at radius 1 is 1.37 bits per heavy atom. The van der Waals surface area contributed by atoms with Crippen LogP contribution in [-0.2, 0) is 14.2 Å². The van der Waals surface area contributed by atoms with Gasteiger partial charge in [0.1, 0.15) is 30.1 Å². The fourth-order valence-electron chi connectivity index (χ4n) is 2.07. The van der Waals surface area contributed by atoms with E-state index >= 15 is 0 Å². The van der Waals surface area contributed by atoms with Crippen molar-refractivity contribution in [2.24, 2.45) is 0 Å². The molecule has 0 aliphatic heterocycles. The van der Waals surface area contributed by atoms with Gasteiger partial charge in [-0.2, -0.15) is 0 Å². The van der Waals surface area contributed by atoms with Crippen LogP contribution in [0.3, 0.4) is 0 Å². The highest BCUT2D eigenvalue weighted by atomic mass is 35.5. The fraction of sp³-hybridized carbons (Fsp3) is 0.556. The van der Waals surface area contributed by atoms with Crippen molar-refractivity contribution in [1.29, 1.82) is 5.41 Å². The van der Waals surface area contributed by atoms with Crippen LogP contribution in [0.5, 0.6) is 5.75 Å². The number of methoxy groups -OCH3 is 1. The molecule has 0 aliphatic carbocycles. The molecular formula is C18H26ClFN2O5. The molecule has 1 amide bonds. The minimum atomic E-state index is -0.648. The second-order valence-corrected chi connectivity index (χ2v) is 7.14. The largest absolute Gasteiger partial charge is 0.485 e. The molecule has 0 spiro atoms. The van der Waals surface area contributed by atoms with Crippen LogP contribution in [0.4, 0.5) is 9.18 Å². The minimum absolute atomic E-state index is 0.0346. The number of hydrogen-bond acceptors (Lipinski definition) is 6. The summed E-state index contributed by atoms with van der Waals surface area (Å²) in [4.78, 5) is 11.9. The van der Waals surface area contributed by atoms with Crippen LogP contribution in [0.1, 0.15) is 33.3 Å². The maximum atomic E-state index is 13.7. The summed E-state index contributed by atoms with van der Waals surface area (Å²) in [6.07, 6.45) is -1.25. The van der Waals surface area contributed by atoms with Crippen LogP contribution >= 0.6 is 11.6 Å². The molecule has 27 heavy (non-hydrogen) atoms. The Morgan fingerprint density at radius 3 is 2.59 bits per heavy atom. The molecule has 0 unspecified atom stereocenters. The summed E-state index contributed by atoms with van der Waals surface area (Å²) in [7, 11) is 1.48. The maximum absolute atomic E-state index is 13.7. The molecule has 1 rings (SSSR count). The normalized spacial score (nSPS) is 12.4. The lowest BCUT2D eigenvalue weighted by Crippen LogP contribution is -2.41. The zero-order valence-electron chi connectivity index (χ0n) is 16.2. The first-order valence-electron chi connectivity index (χ1n) is 8.29. The summed E-state index contributed by atoms with van der Waals surface area (Å²) in [5.74, 6) is -0.435. The number of nitrogens with one attached hydrogen (secondary N) is 2. The van der Waals surface area contributed by atoms with E-state index in [0.29, 0.717) is 0 Å². The molecule has 7 nitrogen and oxygen atoms in total. The van der Waals surface area contributed by atoms with Crippen LogP contribution in [0.15, 0.2) is 12.1 Å². The van der Waals surface area contributed by atoms with Crippen molar-refractivity contribution in [2.45, 2.75) is 39.4 Å². The van der Waals surface area contributed by atoms with E-state index in [0.717, 1.165) is 6.07 Å². The van der Waals surface area contributed by atoms with Crippen LogP contribution in [0, 0.1) is 11.2 Å². The molecule has 152 valence electrons. The molecule has 0 fully saturated rings. The Kier molecular flexibility index (Phi) is 8.95. The monoisotopic (exact) mass is 404 g/mol. The first-order chi connectivity index (χ1) is 12.5. The van der Waals surface area contributed by atoms with Crippen molar-refractivity contribution in [3.05, 3.63) is 28.5 Å². The second kappa shape index (κ2) is 10.4. The average Bonchev–Trinajstić information content (AvgIpc) is 2.54. The lowest BCUT2D eigenvalue weighted by atomic mass is 10.1. The van der Waals surface area contributed by atoms with Gasteiger partial charge in [0.2, 0.25) is 0 Å². The fourth-order valence-corrected chi connectivity index (χ4v) is 2.37. The zero-order valence-corrected chi connectivity index (χ0v) is 16.9. The van der Waals surface area contributed by atoms with E-state index in [9.17, 15) is 9.18 Å². The Morgan fingerprint density at radius 2 is 2.04 bits per heavy atom. The number of carbonyl (C=O) groups excluding carboxylic acids is 1. The van der Waals surface area contributed by atoms with Gasteiger partial charge in [0.05, 0.1) is 23.7 Å². The van der Waals surface area contributed by atoms with E-state index in [-0.39, 0.29) is 42.0 Å². The molecule has 0 radical (unpaired) electrons. The van der Waals surface area contributed by atoms with Crippen molar-refractivity contribution in [3.63, 3.8) is 0 Å². The van der Waals surface area contributed by atoms with E-state index in [4.69, 9.17) is 36.0 Å². The first kappa shape index (κ1) is 23.1. The van der Waals surface area contributed by atoms with Crippen molar-refractivity contribution in [3.8, 4) is 5.75 Å². The van der Waals surface area contributed by atoms with Gasteiger partial charge in [-0.15, -0.1) is 0 Å². The summed E-state index contributed by atoms with van der Waals surface area (Å²) in [6.45, 7) is 6.90. The third kappa shape index (κ3) is 8.11. The van der Waals surface area contributed by atoms with Gasteiger partial charge in [-0.05, 0) is 39.8 Å². The van der Waals surface area contributed by atoms with E-state index in [2.05, 4.69) is 5.32 Å². The summed E-state index contributed by atoms with van der Waals surface area (Å²) >= 11 is 5.97. The molecular weight excluding hydrogens is 379 g/mol. The number of halogens is 2. The Hall–Kier alpha value is -1.90. The van der Waals surface area contributed by atoms with Gasteiger partial charge >= 0.3 is 6.09 Å². The Labute approximate surface area is 163 Å². The molecule has 0 saturated carbocycles. The van der Waals surface area contributed by atoms with Gasteiger partial charge in [-0.1, -0.05) is 11.6 Å². The summed E-state index contributed by atoms with van der Waals surface area (Å²) in [6, 6.07) is 2.53. The van der Waals surface area contributed by atoms with Gasteiger partial charge in [-0.3, -0.25) is 0 Å². The number of carbonyl (C=O) groups is 1. The van der Waals surface area contributed by atoms with Gasteiger partial charge < -0.3 is 29.7 Å². The number of alkyl carbamates (subject to hydrolysis) is 1. The van der Waals surface area contributed by atoms with Crippen LogP contribution in [0.25, 0.3) is 0 Å². The van der Waals surface area contributed by atoms with Gasteiger partial charge in [0.15, 0.2) is 0 Å². The average molecular weight is 405 g/mol. The van der Waals surface area contributed by atoms with Crippen molar-refractivity contribution in [2.75, 3.05) is 27.1 Å². The van der Waals surface area contributed by atoms with Crippen LogP contribution in [0.2, 0.25) is 5.02 Å². The van der Waals surface area contributed by atoms with E-state index in [1.54, 1.807) is 20.8 Å². The topological polar surface area (TPSA) is 89.9 Å². The zero-order chi connectivity index (χ0) is 20.6. The number of benzene rings is 1. The predicted molar refractivity (Wildman–Crippen MR) is 100 cm³/mol. The van der Waals surface area contributed by atoms with Gasteiger partial charge in [0, 0.05) is 12.8 Å². The highest BCUT2D eigenvalue weighted by molar-refractivity contribution is 6.34. The quantitative estimate of drug-likeness (QED) is 0.371. The van der Waals surface area contributed by atoms with Crippen LogP contribution < -0.4 is 10.1 Å². The van der Waals surface area contributed by atoms with Gasteiger partial charge in [0.25, 0.3) is 0 Å². The number of rotatable bonds is 9. The maximum Gasteiger partial charge on any atom is 0.407 e. The molecule has 9 heteroatoms. The molecule has 1 aromatic rings. The standard InChI is InChI=1S/C18H26ClFN2O5/c1-11(21)15-14(7-6-13(20)16(15)19)26-12(9-25-10-24-5)8-22-17(23)27-18(2,3)4/h6-7,12,21H,8-10H2,1-5H3,(H,22,23)/t12-/m0/s1. The summed E-state index contributed by atoms with van der Waals surface area (Å²) < 4.78 is 34.9. The highest BCUT2D eigenvalue weighted by Crippen LogP contribution is 2.30. The number of hydrogen-bond donors (Lipinski definition) is 2. The van der Waals surface area contributed by atoms with E-state index in [1.807, 2.05) is 0 Å². The molecule has 0 aliphatic rings. The SMILES string of the molecule is COCOC[C@H](CNC(=O)OC(C)(C)C)Oc1ccc(F)c(Cl)c1C(C)=N. The molecule has 1 atom stereocenters. The first-order valence-corrected chi connectivity index (χ1v) is 8.66. The molecule has 0 aromatic heterocycles. The third-order valence-corrected chi connectivity index (χ3v) is 3.47. The smallest absolute Gasteiger partial charge is 0.407 e. The molecule has 2 N–H and O–H groups in total. The van der Waals surface area contributed by atoms with E-state index < -0.39 is 23.6 Å². The number of ether oxygens (including phenoxy) is 4. The minimum Gasteiger partial charge on any atom is -0.485 e. The lowest BCUT2D eigenvalue weighted by Gasteiger charge is -2.24. The van der Waals surface area contributed by atoms with Crippen molar-refractivity contribution >= 4 is 23.4 Å². The Balaban J connectivity index is 2.90.